The molecule has 10 rings (SSSR count). The average molecular weight is 654 g/mol. The number of para-hydroxylation sites is 3. The molecular formula is C44H27N7. The van der Waals surface area contributed by atoms with E-state index in [1.807, 2.05) is 48.5 Å². The first-order valence-electron chi connectivity index (χ1n) is 16.8. The van der Waals surface area contributed by atoms with Crippen molar-refractivity contribution in [1.29, 1.82) is 0 Å². The summed E-state index contributed by atoms with van der Waals surface area (Å²) in [5.74, 6) is 1.50. The van der Waals surface area contributed by atoms with Gasteiger partial charge in [0.15, 0.2) is 17.5 Å². The maximum Gasteiger partial charge on any atom is 0.182 e. The van der Waals surface area contributed by atoms with Gasteiger partial charge >= 0.3 is 0 Å². The van der Waals surface area contributed by atoms with Crippen LogP contribution in [0.1, 0.15) is 0 Å². The van der Waals surface area contributed by atoms with Gasteiger partial charge in [0.2, 0.25) is 0 Å². The first kappa shape index (κ1) is 28.9. The molecule has 7 heteroatoms. The molecule has 5 heterocycles. The lowest BCUT2D eigenvalue weighted by molar-refractivity contribution is 1.05. The van der Waals surface area contributed by atoms with Crippen molar-refractivity contribution in [3.05, 3.63) is 164 Å². The highest BCUT2D eigenvalue weighted by Gasteiger charge is 2.20. The third-order valence-electron chi connectivity index (χ3n) is 9.33. The summed E-state index contributed by atoms with van der Waals surface area (Å²) in [5, 5.41) is 5.78. The van der Waals surface area contributed by atoms with Gasteiger partial charge < -0.3 is 4.57 Å². The molecular weight excluding hydrogens is 627 g/mol. The number of fused-ring (bicyclic) bond motifs is 7. The highest BCUT2D eigenvalue weighted by atomic mass is 15.1. The Morgan fingerprint density at radius 3 is 1.78 bits per heavy atom. The molecule has 0 N–H and O–H groups in total. The van der Waals surface area contributed by atoms with E-state index in [1.54, 1.807) is 12.4 Å². The predicted octanol–water partition coefficient (Wildman–Crippen LogP) is 10.1. The Bertz CT molecular complexity index is 2850. The molecule has 7 nitrogen and oxygen atoms in total. The van der Waals surface area contributed by atoms with Crippen molar-refractivity contribution in [2.75, 3.05) is 0 Å². The van der Waals surface area contributed by atoms with Crippen molar-refractivity contribution in [2.45, 2.75) is 0 Å². The highest BCUT2D eigenvalue weighted by molar-refractivity contribution is 6.29. The van der Waals surface area contributed by atoms with Crippen molar-refractivity contribution in [3.63, 3.8) is 0 Å². The molecule has 0 atom stereocenters. The Balaban J connectivity index is 1.22. The standard InChI is InChI=1S/C44H27N7/c1-2-15-30(16-3-1)51-37-22-7-5-18-32(37)40-38(51)24-23-33-39(40)31-17-4-6-19-34(31)47-41(33)28-13-12-14-29(27-28)42-48-43(35-20-8-10-25-45-35)50-44(49-42)36-21-9-11-26-46-36/h1-27H. The molecule has 0 radical (unpaired) electrons. The van der Waals surface area contributed by atoms with Gasteiger partial charge in [-0.2, -0.15) is 0 Å². The summed E-state index contributed by atoms with van der Waals surface area (Å²) < 4.78 is 2.36. The van der Waals surface area contributed by atoms with Crippen LogP contribution in [-0.2, 0) is 0 Å². The molecule has 0 saturated carbocycles. The molecule has 5 aromatic heterocycles. The SMILES string of the molecule is c1ccc(-n2c3ccccc3c3c4c(ccc32)c(-c2cccc(-c3nc(-c5ccccn5)nc(-c5ccccn5)n3)c2)nc2ccccc24)cc1. The number of pyridine rings is 3. The number of benzene rings is 5. The maximum absolute atomic E-state index is 5.31. The number of hydrogen-bond acceptors (Lipinski definition) is 6. The van der Waals surface area contributed by atoms with Gasteiger partial charge in [-0.15, -0.1) is 0 Å². The van der Waals surface area contributed by atoms with Crippen LogP contribution >= 0.6 is 0 Å². The van der Waals surface area contributed by atoms with Gasteiger partial charge in [-0.3, -0.25) is 9.97 Å². The van der Waals surface area contributed by atoms with Gasteiger partial charge in [-0.25, -0.2) is 19.9 Å². The van der Waals surface area contributed by atoms with Crippen LogP contribution in [0.5, 0.6) is 0 Å². The topological polar surface area (TPSA) is 82.3 Å². The minimum atomic E-state index is 0.484. The maximum atomic E-state index is 5.31. The molecule has 0 unspecified atom stereocenters. The number of rotatable bonds is 5. The van der Waals surface area contributed by atoms with Crippen LogP contribution in [0.3, 0.4) is 0 Å². The number of aromatic nitrogens is 7. The predicted molar refractivity (Wildman–Crippen MR) is 204 cm³/mol. The van der Waals surface area contributed by atoms with E-state index < -0.39 is 0 Å². The molecule has 0 aliphatic heterocycles. The van der Waals surface area contributed by atoms with E-state index in [2.05, 4.69) is 118 Å². The monoisotopic (exact) mass is 653 g/mol. The second-order valence-corrected chi connectivity index (χ2v) is 12.4. The summed E-state index contributed by atoms with van der Waals surface area (Å²) in [6.07, 6.45) is 3.48. The van der Waals surface area contributed by atoms with Crippen molar-refractivity contribution < 1.29 is 0 Å². The quantitative estimate of drug-likeness (QED) is 0.172. The Labute approximate surface area is 292 Å². The van der Waals surface area contributed by atoms with E-state index in [1.165, 1.54) is 16.2 Å². The summed E-state index contributed by atoms with van der Waals surface area (Å²) in [7, 11) is 0. The summed E-state index contributed by atoms with van der Waals surface area (Å²) >= 11 is 0. The first-order chi connectivity index (χ1) is 25.3. The average Bonchev–Trinajstić information content (AvgIpc) is 3.56. The van der Waals surface area contributed by atoms with Crippen LogP contribution in [0.2, 0.25) is 0 Å². The van der Waals surface area contributed by atoms with Gasteiger partial charge in [0.25, 0.3) is 0 Å². The minimum absolute atomic E-state index is 0.484. The molecule has 0 bridgehead atoms. The van der Waals surface area contributed by atoms with Crippen LogP contribution in [0.15, 0.2) is 164 Å². The molecule has 10 aromatic rings. The third-order valence-corrected chi connectivity index (χ3v) is 9.33. The number of hydrogen-bond donors (Lipinski definition) is 0. The molecule has 0 amide bonds. The van der Waals surface area contributed by atoms with Gasteiger partial charge in [0.1, 0.15) is 11.4 Å². The zero-order chi connectivity index (χ0) is 33.7. The number of nitrogens with zero attached hydrogens (tertiary/aromatic N) is 7. The molecule has 238 valence electrons. The second kappa shape index (κ2) is 11.8. The van der Waals surface area contributed by atoms with Crippen LogP contribution in [-0.4, -0.2) is 34.5 Å². The Hall–Kier alpha value is -7.12. The molecule has 0 saturated heterocycles. The van der Waals surface area contributed by atoms with Gasteiger partial charge in [0, 0.05) is 56.1 Å². The first-order valence-corrected chi connectivity index (χ1v) is 16.8. The fourth-order valence-electron chi connectivity index (χ4n) is 7.11. The zero-order valence-corrected chi connectivity index (χ0v) is 27.2. The minimum Gasteiger partial charge on any atom is -0.309 e. The summed E-state index contributed by atoms with van der Waals surface area (Å²) in [6.45, 7) is 0. The Kier molecular flexibility index (Phi) is 6.67. The Morgan fingerprint density at radius 1 is 0.392 bits per heavy atom. The summed E-state index contributed by atoms with van der Waals surface area (Å²) in [4.78, 5) is 29.0. The summed E-state index contributed by atoms with van der Waals surface area (Å²) in [5.41, 5.74) is 8.41. The summed E-state index contributed by atoms with van der Waals surface area (Å²) in [6, 6.07) is 51.8. The van der Waals surface area contributed by atoms with Crippen LogP contribution in [0.4, 0.5) is 0 Å². The van der Waals surface area contributed by atoms with E-state index in [0.29, 0.717) is 28.9 Å². The van der Waals surface area contributed by atoms with Gasteiger partial charge in [0.05, 0.1) is 22.2 Å². The molecule has 5 aromatic carbocycles. The van der Waals surface area contributed by atoms with E-state index in [0.717, 1.165) is 49.8 Å². The van der Waals surface area contributed by atoms with Crippen LogP contribution in [0, 0.1) is 0 Å². The van der Waals surface area contributed by atoms with Crippen molar-refractivity contribution in [2.24, 2.45) is 0 Å². The normalized spacial score (nSPS) is 11.5. The fraction of sp³-hybridized carbons (Fsp3) is 0. The smallest absolute Gasteiger partial charge is 0.182 e. The molecule has 0 spiro atoms. The van der Waals surface area contributed by atoms with Crippen LogP contribution < -0.4 is 0 Å². The molecule has 0 fully saturated rings. The van der Waals surface area contributed by atoms with E-state index in [4.69, 9.17) is 19.9 Å². The van der Waals surface area contributed by atoms with Crippen LogP contribution in [0.25, 0.3) is 94.9 Å². The molecule has 0 aliphatic carbocycles. The van der Waals surface area contributed by atoms with Gasteiger partial charge in [-0.05, 0) is 60.7 Å². The van der Waals surface area contributed by atoms with Gasteiger partial charge in [-0.1, -0.05) is 91.0 Å². The van der Waals surface area contributed by atoms with E-state index in [-0.39, 0.29) is 0 Å². The van der Waals surface area contributed by atoms with Crippen molar-refractivity contribution in [3.8, 4) is 51.4 Å². The van der Waals surface area contributed by atoms with E-state index in [9.17, 15) is 0 Å². The fourth-order valence-corrected chi connectivity index (χ4v) is 7.11. The lowest BCUT2D eigenvalue weighted by Gasteiger charge is -2.13. The van der Waals surface area contributed by atoms with Crippen molar-refractivity contribution >= 4 is 43.5 Å². The van der Waals surface area contributed by atoms with Crippen molar-refractivity contribution in [1.82, 2.24) is 34.5 Å². The molecule has 0 aliphatic rings. The Morgan fingerprint density at radius 2 is 1.04 bits per heavy atom. The lowest BCUT2D eigenvalue weighted by atomic mass is 9.95. The second-order valence-electron chi connectivity index (χ2n) is 12.4. The third kappa shape index (κ3) is 4.82. The van der Waals surface area contributed by atoms with E-state index >= 15 is 0 Å². The molecule has 51 heavy (non-hydrogen) atoms. The zero-order valence-electron chi connectivity index (χ0n) is 27.2. The highest BCUT2D eigenvalue weighted by Crippen LogP contribution is 2.42. The largest absolute Gasteiger partial charge is 0.309 e. The lowest BCUT2D eigenvalue weighted by Crippen LogP contribution is -2.02.